The van der Waals surface area contributed by atoms with E-state index in [0.29, 0.717) is 11.2 Å². The van der Waals surface area contributed by atoms with Crippen molar-refractivity contribution in [2.45, 2.75) is 23.9 Å². The Labute approximate surface area is 155 Å². The van der Waals surface area contributed by atoms with E-state index in [9.17, 15) is 22.8 Å². The molecule has 25 heavy (non-hydrogen) atoms. The molecule has 0 saturated carbocycles. The summed E-state index contributed by atoms with van der Waals surface area (Å²) in [5.41, 5.74) is -0.697. The molecule has 0 unspecified atom stereocenters. The van der Waals surface area contributed by atoms with E-state index in [1.54, 1.807) is 5.38 Å². The summed E-state index contributed by atoms with van der Waals surface area (Å²) in [6.07, 6.45) is -4.11. The third kappa shape index (κ3) is 5.20. The van der Waals surface area contributed by atoms with E-state index in [1.165, 1.54) is 6.07 Å². The van der Waals surface area contributed by atoms with Crippen LogP contribution < -0.4 is 4.74 Å². The first-order valence-electron chi connectivity index (χ1n) is 6.94. The van der Waals surface area contributed by atoms with Crippen LogP contribution >= 0.6 is 34.5 Å². The third-order valence-electron chi connectivity index (χ3n) is 3.26. The molecule has 1 aromatic heterocycles. The van der Waals surface area contributed by atoms with Gasteiger partial charge in [0.2, 0.25) is 0 Å². The average molecular weight is 411 g/mol. The Hall–Kier alpha value is -1.57. The number of aryl methyl sites for hydroxylation is 1. The summed E-state index contributed by atoms with van der Waals surface area (Å²) >= 11 is 12.1. The van der Waals surface area contributed by atoms with E-state index in [1.807, 2.05) is 0 Å². The molecule has 2 rings (SSSR count). The van der Waals surface area contributed by atoms with Gasteiger partial charge >= 0.3 is 6.18 Å². The summed E-state index contributed by atoms with van der Waals surface area (Å²) in [4.78, 5) is 21.6. The summed E-state index contributed by atoms with van der Waals surface area (Å²) in [5.74, 6) is -0.140. The molecule has 1 aromatic carbocycles. The van der Waals surface area contributed by atoms with Gasteiger partial charge in [0, 0.05) is 6.42 Å². The first-order chi connectivity index (χ1) is 11.7. The van der Waals surface area contributed by atoms with Gasteiger partial charge in [-0.3, -0.25) is 9.59 Å². The summed E-state index contributed by atoms with van der Waals surface area (Å²) in [6, 6.07) is 4.48. The minimum absolute atomic E-state index is 0.0331. The van der Waals surface area contributed by atoms with Gasteiger partial charge in [0.1, 0.15) is 16.4 Å². The molecule has 2 aromatic rings. The molecule has 0 aliphatic rings. The standard InChI is InChI=1S/C16H11Cl2F3O3S/c17-15(18)11(23)3-1-9-7-10(16(19,20)21)2-4-12(9)24-13-5-6-25-14(13)8-22/h2,4-8,15H,1,3H2. The van der Waals surface area contributed by atoms with Crippen molar-refractivity contribution in [2.75, 3.05) is 0 Å². The number of carbonyl (C=O) groups is 2. The predicted molar refractivity (Wildman–Crippen MR) is 90.0 cm³/mol. The fourth-order valence-corrected chi connectivity index (χ4v) is 2.85. The van der Waals surface area contributed by atoms with Crippen molar-refractivity contribution in [1.29, 1.82) is 0 Å². The first kappa shape index (κ1) is 19.8. The van der Waals surface area contributed by atoms with Gasteiger partial charge in [-0.2, -0.15) is 13.2 Å². The smallest absolute Gasteiger partial charge is 0.416 e. The minimum atomic E-state index is -4.53. The summed E-state index contributed by atoms with van der Waals surface area (Å²) in [6.45, 7) is 0. The normalized spacial score (nSPS) is 11.6. The lowest BCUT2D eigenvalue weighted by atomic mass is 10.0. The molecule has 0 amide bonds. The number of thiophene rings is 1. The van der Waals surface area contributed by atoms with Gasteiger partial charge in [-0.1, -0.05) is 23.2 Å². The molecule has 9 heteroatoms. The number of hydrogen-bond donors (Lipinski definition) is 0. The monoisotopic (exact) mass is 410 g/mol. The van der Waals surface area contributed by atoms with Gasteiger partial charge < -0.3 is 4.74 Å². The van der Waals surface area contributed by atoms with Crippen LogP contribution in [0.5, 0.6) is 11.5 Å². The second-order valence-corrected chi connectivity index (χ2v) is 7.00. The van der Waals surface area contributed by atoms with Crippen molar-refractivity contribution >= 4 is 46.6 Å². The highest BCUT2D eigenvalue weighted by Gasteiger charge is 2.31. The van der Waals surface area contributed by atoms with Crippen molar-refractivity contribution in [1.82, 2.24) is 0 Å². The molecule has 1 heterocycles. The number of carbonyl (C=O) groups excluding carboxylic acids is 2. The van der Waals surface area contributed by atoms with E-state index < -0.39 is 22.4 Å². The molecule has 0 radical (unpaired) electrons. The molecule has 134 valence electrons. The van der Waals surface area contributed by atoms with E-state index in [0.717, 1.165) is 29.5 Å². The molecule has 0 aliphatic heterocycles. The predicted octanol–water partition coefficient (Wildman–Crippen LogP) is 5.68. The van der Waals surface area contributed by atoms with Gasteiger partial charge in [0.15, 0.2) is 16.9 Å². The lowest BCUT2D eigenvalue weighted by Crippen LogP contribution is -2.10. The highest BCUT2D eigenvalue weighted by molar-refractivity contribution is 7.12. The first-order valence-corrected chi connectivity index (χ1v) is 8.69. The molecule has 0 fully saturated rings. The van der Waals surface area contributed by atoms with E-state index in [-0.39, 0.29) is 29.9 Å². The van der Waals surface area contributed by atoms with Gasteiger partial charge in [-0.15, -0.1) is 11.3 Å². The van der Waals surface area contributed by atoms with Crippen LogP contribution in [-0.4, -0.2) is 16.9 Å². The van der Waals surface area contributed by atoms with Gasteiger partial charge in [0.05, 0.1) is 5.56 Å². The van der Waals surface area contributed by atoms with Crippen LogP contribution in [0.15, 0.2) is 29.6 Å². The van der Waals surface area contributed by atoms with Crippen molar-refractivity contribution in [2.24, 2.45) is 0 Å². The zero-order valence-corrected chi connectivity index (χ0v) is 14.8. The highest BCUT2D eigenvalue weighted by atomic mass is 35.5. The number of rotatable bonds is 7. The Morgan fingerprint density at radius 2 is 1.96 bits per heavy atom. The number of Topliss-reactive ketones (excluding diaryl/α,β-unsaturated/α-hetero) is 1. The molecule has 0 N–H and O–H groups in total. The number of ketones is 1. The zero-order valence-electron chi connectivity index (χ0n) is 12.5. The van der Waals surface area contributed by atoms with Crippen molar-refractivity contribution in [3.63, 3.8) is 0 Å². The molecular formula is C16H11Cl2F3O3S. The van der Waals surface area contributed by atoms with E-state index in [2.05, 4.69) is 0 Å². The Morgan fingerprint density at radius 1 is 1.24 bits per heavy atom. The lowest BCUT2D eigenvalue weighted by Gasteiger charge is -2.14. The fourth-order valence-electron chi connectivity index (χ4n) is 2.02. The Balaban J connectivity index is 2.33. The molecular weight excluding hydrogens is 400 g/mol. The summed E-state index contributed by atoms with van der Waals surface area (Å²) < 4.78 is 44.4. The van der Waals surface area contributed by atoms with Crippen molar-refractivity contribution < 1.29 is 27.5 Å². The SMILES string of the molecule is O=Cc1sccc1Oc1ccc(C(F)(F)F)cc1CCC(=O)C(Cl)Cl. The van der Waals surface area contributed by atoms with Crippen molar-refractivity contribution in [3.8, 4) is 11.5 Å². The number of aldehydes is 1. The van der Waals surface area contributed by atoms with Crippen LogP contribution in [0.1, 0.15) is 27.2 Å². The van der Waals surface area contributed by atoms with Crippen LogP contribution in [-0.2, 0) is 17.4 Å². The zero-order chi connectivity index (χ0) is 18.6. The average Bonchev–Trinajstić information content (AvgIpc) is 2.99. The Morgan fingerprint density at radius 3 is 2.56 bits per heavy atom. The van der Waals surface area contributed by atoms with Gasteiger partial charge in [-0.05, 0) is 41.6 Å². The highest BCUT2D eigenvalue weighted by Crippen LogP contribution is 2.36. The van der Waals surface area contributed by atoms with Crippen LogP contribution in [0.4, 0.5) is 13.2 Å². The van der Waals surface area contributed by atoms with Gasteiger partial charge in [-0.25, -0.2) is 0 Å². The third-order valence-corrected chi connectivity index (χ3v) is 4.57. The maximum atomic E-state index is 12.9. The maximum Gasteiger partial charge on any atom is 0.416 e. The largest absolute Gasteiger partial charge is 0.455 e. The maximum absolute atomic E-state index is 12.9. The molecule has 0 saturated heterocycles. The molecule has 0 spiro atoms. The quantitative estimate of drug-likeness (QED) is 0.435. The molecule has 0 atom stereocenters. The van der Waals surface area contributed by atoms with Gasteiger partial charge in [0.25, 0.3) is 0 Å². The summed E-state index contributed by atoms with van der Waals surface area (Å²) in [7, 11) is 0. The second-order valence-electron chi connectivity index (χ2n) is 4.96. The molecule has 0 bridgehead atoms. The molecule has 3 nitrogen and oxygen atoms in total. The lowest BCUT2D eigenvalue weighted by molar-refractivity contribution is -0.137. The number of halogens is 5. The van der Waals surface area contributed by atoms with Crippen molar-refractivity contribution in [3.05, 3.63) is 45.6 Å². The molecule has 0 aliphatic carbocycles. The second kappa shape index (κ2) is 8.21. The number of ether oxygens (including phenoxy) is 1. The topological polar surface area (TPSA) is 43.4 Å². The Bertz CT molecular complexity index is 772. The minimum Gasteiger partial charge on any atom is -0.455 e. The summed E-state index contributed by atoms with van der Waals surface area (Å²) in [5, 5.41) is 1.62. The van der Waals surface area contributed by atoms with Crippen LogP contribution in [0.25, 0.3) is 0 Å². The van der Waals surface area contributed by atoms with E-state index in [4.69, 9.17) is 27.9 Å². The van der Waals surface area contributed by atoms with Crippen LogP contribution in [0.2, 0.25) is 0 Å². The number of hydrogen-bond acceptors (Lipinski definition) is 4. The fraction of sp³-hybridized carbons (Fsp3) is 0.250. The number of benzene rings is 1. The van der Waals surface area contributed by atoms with Crippen LogP contribution in [0.3, 0.4) is 0 Å². The Kier molecular flexibility index (Phi) is 6.48. The van der Waals surface area contributed by atoms with Crippen LogP contribution in [0, 0.1) is 0 Å². The van der Waals surface area contributed by atoms with E-state index >= 15 is 0 Å². The number of alkyl halides is 5.